The maximum absolute atomic E-state index is 11.6. The van der Waals surface area contributed by atoms with Gasteiger partial charge in [0.2, 0.25) is 5.89 Å². The van der Waals surface area contributed by atoms with Gasteiger partial charge in [-0.25, -0.2) is 4.79 Å². The summed E-state index contributed by atoms with van der Waals surface area (Å²) in [5.41, 5.74) is -0.214. The van der Waals surface area contributed by atoms with E-state index in [1.54, 1.807) is 0 Å². The van der Waals surface area contributed by atoms with Gasteiger partial charge in [0.1, 0.15) is 0 Å². The molecule has 7 nitrogen and oxygen atoms in total. The molecule has 0 aliphatic rings. The highest BCUT2D eigenvalue weighted by atomic mass is 16.5. The van der Waals surface area contributed by atoms with E-state index < -0.39 is 6.10 Å². The number of aliphatic hydroxyl groups excluding tert-OH is 1. The Morgan fingerprint density at radius 1 is 1.33 bits per heavy atom. The number of aromatic nitrogens is 2. The van der Waals surface area contributed by atoms with Crippen LogP contribution in [0.4, 0.5) is 4.79 Å². The molecule has 1 atom stereocenters. The molecule has 0 spiro atoms. The number of rotatable bonds is 6. The molecule has 1 aromatic heterocycles. The Morgan fingerprint density at radius 2 is 2.00 bits per heavy atom. The zero-order valence-corrected chi connectivity index (χ0v) is 13.4. The van der Waals surface area contributed by atoms with Gasteiger partial charge < -0.3 is 20.3 Å². The van der Waals surface area contributed by atoms with Crippen molar-refractivity contribution in [3.63, 3.8) is 0 Å². The molecule has 7 heteroatoms. The molecule has 0 aliphatic heterocycles. The lowest BCUT2D eigenvalue weighted by atomic mass is 9.97. The van der Waals surface area contributed by atoms with Gasteiger partial charge in [-0.1, -0.05) is 39.8 Å². The molecular formula is C14H26N4O3. The van der Waals surface area contributed by atoms with Crippen molar-refractivity contribution in [3.05, 3.63) is 11.7 Å². The highest BCUT2D eigenvalue weighted by Crippen LogP contribution is 2.19. The summed E-state index contributed by atoms with van der Waals surface area (Å²) in [4.78, 5) is 15.8. The average molecular weight is 298 g/mol. The summed E-state index contributed by atoms with van der Waals surface area (Å²) < 4.78 is 5.13. The van der Waals surface area contributed by atoms with Crippen LogP contribution in [0.25, 0.3) is 0 Å². The standard InChI is InChI=1S/C14H26N4O3/c1-9(2)6-10(19)7-15-13(20)16-8-11-17-12(21-18-11)14(3,4)5/h9-10,19H,6-8H2,1-5H3,(H2,15,16,20). The molecule has 0 fully saturated rings. The Labute approximate surface area is 125 Å². The van der Waals surface area contributed by atoms with Gasteiger partial charge in [0.15, 0.2) is 5.82 Å². The minimum absolute atomic E-state index is 0.186. The van der Waals surface area contributed by atoms with E-state index in [0.29, 0.717) is 24.1 Å². The van der Waals surface area contributed by atoms with Gasteiger partial charge in [0.25, 0.3) is 0 Å². The quantitative estimate of drug-likeness (QED) is 0.740. The summed E-state index contributed by atoms with van der Waals surface area (Å²) in [6.45, 7) is 10.4. The highest BCUT2D eigenvalue weighted by Gasteiger charge is 2.21. The van der Waals surface area contributed by atoms with Crippen LogP contribution in [0.2, 0.25) is 0 Å². The molecule has 3 N–H and O–H groups in total. The topological polar surface area (TPSA) is 100 Å². The molecule has 0 saturated heterocycles. The van der Waals surface area contributed by atoms with Crippen LogP contribution < -0.4 is 10.6 Å². The van der Waals surface area contributed by atoms with E-state index in [0.717, 1.165) is 0 Å². The Kier molecular flexibility index (Phi) is 6.14. The summed E-state index contributed by atoms with van der Waals surface area (Å²) >= 11 is 0. The van der Waals surface area contributed by atoms with E-state index >= 15 is 0 Å². The molecule has 120 valence electrons. The predicted octanol–water partition coefficient (Wildman–Crippen LogP) is 1.57. The normalized spacial score (nSPS) is 13.3. The van der Waals surface area contributed by atoms with Gasteiger partial charge in [0.05, 0.1) is 12.6 Å². The smallest absolute Gasteiger partial charge is 0.315 e. The van der Waals surface area contributed by atoms with Crippen molar-refractivity contribution in [2.75, 3.05) is 6.54 Å². The number of carbonyl (C=O) groups is 1. The van der Waals surface area contributed by atoms with Crippen molar-refractivity contribution in [1.29, 1.82) is 0 Å². The third-order valence-electron chi connectivity index (χ3n) is 2.76. The van der Waals surface area contributed by atoms with E-state index in [2.05, 4.69) is 20.8 Å². The van der Waals surface area contributed by atoms with Crippen molar-refractivity contribution in [1.82, 2.24) is 20.8 Å². The van der Waals surface area contributed by atoms with Crippen molar-refractivity contribution in [3.8, 4) is 0 Å². The van der Waals surface area contributed by atoms with Gasteiger partial charge in [0, 0.05) is 12.0 Å². The van der Waals surface area contributed by atoms with Crippen LogP contribution in [0.1, 0.15) is 52.8 Å². The first kappa shape index (κ1) is 17.4. The first-order valence-electron chi connectivity index (χ1n) is 7.21. The second-order valence-electron chi connectivity index (χ2n) is 6.61. The van der Waals surface area contributed by atoms with Crippen LogP contribution in [-0.2, 0) is 12.0 Å². The number of urea groups is 1. The number of aliphatic hydroxyl groups is 1. The largest absolute Gasteiger partial charge is 0.391 e. The monoisotopic (exact) mass is 298 g/mol. The van der Waals surface area contributed by atoms with Crippen LogP contribution in [0.15, 0.2) is 4.52 Å². The zero-order chi connectivity index (χ0) is 16.0. The lowest BCUT2D eigenvalue weighted by molar-refractivity contribution is 0.146. The number of nitrogens with zero attached hydrogens (tertiary/aromatic N) is 2. The van der Waals surface area contributed by atoms with Gasteiger partial charge in [-0.15, -0.1) is 0 Å². The number of nitrogens with one attached hydrogen (secondary N) is 2. The van der Waals surface area contributed by atoms with E-state index in [1.165, 1.54) is 0 Å². The van der Waals surface area contributed by atoms with Crippen molar-refractivity contribution in [2.45, 2.75) is 59.1 Å². The summed E-state index contributed by atoms with van der Waals surface area (Å²) in [6.07, 6.45) is 0.119. The predicted molar refractivity (Wildman–Crippen MR) is 78.7 cm³/mol. The third-order valence-corrected chi connectivity index (χ3v) is 2.76. The molecule has 1 unspecified atom stereocenters. The van der Waals surface area contributed by atoms with Crippen LogP contribution >= 0.6 is 0 Å². The number of amides is 2. The lowest BCUT2D eigenvalue weighted by Gasteiger charge is -2.13. The molecule has 1 rings (SSSR count). The van der Waals surface area contributed by atoms with Gasteiger partial charge in [-0.3, -0.25) is 0 Å². The molecule has 0 aromatic carbocycles. The first-order valence-corrected chi connectivity index (χ1v) is 7.21. The second kappa shape index (κ2) is 7.40. The average Bonchev–Trinajstić information content (AvgIpc) is 2.81. The third kappa shape index (κ3) is 6.57. The Hall–Kier alpha value is -1.63. The maximum Gasteiger partial charge on any atom is 0.315 e. The maximum atomic E-state index is 11.6. The van der Waals surface area contributed by atoms with Crippen LogP contribution in [0.3, 0.4) is 0 Å². The Morgan fingerprint density at radius 3 is 2.52 bits per heavy atom. The molecule has 1 aromatic rings. The van der Waals surface area contributed by atoms with E-state index in [-0.39, 0.29) is 24.5 Å². The fourth-order valence-electron chi connectivity index (χ4n) is 1.69. The lowest BCUT2D eigenvalue weighted by Crippen LogP contribution is -2.39. The Balaban J connectivity index is 2.32. The minimum atomic E-state index is -0.534. The van der Waals surface area contributed by atoms with Gasteiger partial charge in [-0.2, -0.15) is 4.98 Å². The molecule has 0 aliphatic carbocycles. The molecule has 21 heavy (non-hydrogen) atoms. The van der Waals surface area contributed by atoms with E-state index in [4.69, 9.17) is 4.52 Å². The number of hydrogen-bond acceptors (Lipinski definition) is 5. The fourth-order valence-corrected chi connectivity index (χ4v) is 1.69. The minimum Gasteiger partial charge on any atom is -0.391 e. The van der Waals surface area contributed by atoms with Gasteiger partial charge >= 0.3 is 6.03 Å². The van der Waals surface area contributed by atoms with Crippen LogP contribution in [0.5, 0.6) is 0 Å². The van der Waals surface area contributed by atoms with E-state index in [9.17, 15) is 9.90 Å². The number of hydrogen-bond donors (Lipinski definition) is 3. The summed E-state index contributed by atoms with van der Waals surface area (Å²) in [7, 11) is 0. The van der Waals surface area contributed by atoms with Crippen molar-refractivity contribution >= 4 is 6.03 Å². The van der Waals surface area contributed by atoms with Crippen molar-refractivity contribution in [2.24, 2.45) is 5.92 Å². The summed E-state index contributed by atoms with van der Waals surface area (Å²) in [5, 5.41) is 18.7. The summed E-state index contributed by atoms with van der Waals surface area (Å²) in [5.74, 6) is 1.35. The molecule has 0 saturated carbocycles. The van der Waals surface area contributed by atoms with Gasteiger partial charge in [-0.05, 0) is 12.3 Å². The zero-order valence-electron chi connectivity index (χ0n) is 13.4. The van der Waals surface area contributed by atoms with Crippen LogP contribution in [0, 0.1) is 5.92 Å². The Bertz CT molecular complexity index is 451. The number of carbonyl (C=O) groups excluding carboxylic acids is 1. The van der Waals surface area contributed by atoms with Crippen molar-refractivity contribution < 1.29 is 14.4 Å². The highest BCUT2D eigenvalue weighted by molar-refractivity contribution is 5.73. The molecule has 1 heterocycles. The SMILES string of the molecule is CC(C)CC(O)CNC(=O)NCc1noc(C(C)(C)C)n1. The van der Waals surface area contributed by atoms with E-state index in [1.807, 2.05) is 34.6 Å². The fraction of sp³-hybridized carbons (Fsp3) is 0.786. The first-order chi connectivity index (χ1) is 9.68. The van der Waals surface area contributed by atoms with Crippen LogP contribution in [-0.4, -0.2) is 33.9 Å². The molecular weight excluding hydrogens is 272 g/mol. The molecule has 2 amide bonds. The summed E-state index contributed by atoms with van der Waals surface area (Å²) in [6, 6.07) is -0.361. The second-order valence-corrected chi connectivity index (χ2v) is 6.61. The molecule has 0 bridgehead atoms. The molecule has 0 radical (unpaired) electrons.